The minimum absolute atomic E-state index is 0.162. The zero-order valence-electron chi connectivity index (χ0n) is 18.4. The minimum atomic E-state index is -0.287. The largest absolute Gasteiger partial charge is 0.322 e. The van der Waals surface area contributed by atoms with E-state index in [0.29, 0.717) is 27.2 Å². The molecule has 1 atom stereocenters. The standard InChI is InChI=1S/C26H26ClFN2OS/c1-26(2,3)17-6-13-21-22(14-17)32-25(29-15-16-4-9-19(28)10-5-16)23(21)24(31)30-20-11-7-18(27)8-12-20/h4-5,7-12,15,17H,6,13-14H2,1-3H3,(H,30,31)/t17-/m0/s1. The number of carbonyl (C=O) groups excluding carboxylic acids is 1. The van der Waals surface area contributed by atoms with Crippen LogP contribution in [0.15, 0.2) is 53.5 Å². The van der Waals surface area contributed by atoms with Gasteiger partial charge in [0.2, 0.25) is 0 Å². The highest BCUT2D eigenvalue weighted by Crippen LogP contribution is 2.45. The molecule has 1 amide bonds. The summed E-state index contributed by atoms with van der Waals surface area (Å²) in [7, 11) is 0. The fourth-order valence-electron chi connectivity index (χ4n) is 4.04. The van der Waals surface area contributed by atoms with Gasteiger partial charge in [0.15, 0.2) is 0 Å². The quantitative estimate of drug-likeness (QED) is 0.391. The van der Waals surface area contributed by atoms with Crippen LogP contribution in [0.25, 0.3) is 0 Å². The molecule has 0 spiro atoms. The summed E-state index contributed by atoms with van der Waals surface area (Å²) < 4.78 is 13.2. The summed E-state index contributed by atoms with van der Waals surface area (Å²) in [5.41, 5.74) is 3.44. The van der Waals surface area contributed by atoms with Crippen LogP contribution < -0.4 is 5.32 Å². The van der Waals surface area contributed by atoms with Gasteiger partial charge in [-0.15, -0.1) is 11.3 Å². The molecule has 32 heavy (non-hydrogen) atoms. The van der Waals surface area contributed by atoms with E-state index in [1.54, 1.807) is 53.9 Å². The highest BCUT2D eigenvalue weighted by molar-refractivity contribution is 7.16. The number of nitrogens with zero attached hydrogens (tertiary/aromatic N) is 1. The maximum Gasteiger partial charge on any atom is 0.259 e. The number of thiophene rings is 1. The number of aliphatic imine (C=N–C) groups is 1. The lowest BCUT2D eigenvalue weighted by atomic mass is 9.72. The number of fused-ring (bicyclic) bond motifs is 1. The van der Waals surface area contributed by atoms with Crippen molar-refractivity contribution in [2.24, 2.45) is 16.3 Å². The van der Waals surface area contributed by atoms with Gasteiger partial charge in [-0.2, -0.15) is 0 Å². The van der Waals surface area contributed by atoms with E-state index >= 15 is 0 Å². The van der Waals surface area contributed by atoms with Gasteiger partial charge in [0, 0.05) is 21.8 Å². The van der Waals surface area contributed by atoms with E-state index in [1.165, 1.54) is 17.0 Å². The van der Waals surface area contributed by atoms with Crippen molar-refractivity contribution in [3.63, 3.8) is 0 Å². The van der Waals surface area contributed by atoms with Crippen molar-refractivity contribution in [3.05, 3.63) is 80.9 Å². The lowest BCUT2D eigenvalue weighted by Crippen LogP contribution is -2.27. The van der Waals surface area contributed by atoms with Gasteiger partial charge in [0.05, 0.1) is 5.56 Å². The van der Waals surface area contributed by atoms with Crippen molar-refractivity contribution in [1.29, 1.82) is 0 Å². The number of carbonyl (C=O) groups is 1. The maximum absolute atomic E-state index is 13.3. The second kappa shape index (κ2) is 9.16. The topological polar surface area (TPSA) is 41.5 Å². The van der Waals surface area contributed by atoms with Crippen LogP contribution in [0.2, 0.25) is 5.02 Å². The Bertz CT molecular complexity index is 1140. The molecule has 4 rings (SSSR count). The van der Waals surface area contributed by atoms with Crippen LogP contribution in [0.5, 0.6) is 0 Å². The smallest absolute Gasteiger partial charge is 0.259 e. The van der Waals surface area contributed by atoms with Crippen LogP contribution >= 0.6 is 22.9 Å². The van der Waals surface area contributed by atoms with Crippen LogP contribution in [-0.2, 0) is 12.8 Å². The van der Waals surface area contributed by atoms with Crippen LogP contribution in [0, 0.1) is 17.2 Å². The SMILES string of the molecule is CC(C)(C)[C@H]1CCc2c(sc(N=Cc3ccc(F)cc3)c2C(=O)Nc2ccc(Cl)cc2)C1. The molecule has 1 heterocycles. The van der Waals surface area contributed by atoms with Crippen LogP contribution in [-0.4, -0.2) is 12.1 Å². The Balaban J connectivity index is 1.69. The summed E-state index contributed by atoms with van der Waals surface area (Å²) >= 11 is 7.57. The third-order valence-corrected chi connectivity index (χ3v) is 7.42. The minimum Gasteiger partial charge on any atom is -0.322 e. The molecule has 166 valence electrons. The molecule has 3 nitrogen and oxygen atoms in total. The average molecular weight is 469 g/mol. The Labute approximate surface area is 197 Å². The number of halogens is 2. The lowest BCUT2D eigenvalue weighted by molar-refractivity contribution is 0.102. The number of amides is 1. The first-order chi connectivity index (χ1) is 15.2. The van der Waals surface area contributed by atoms with Crippen LogP contribution in [0.3, 0.4) is 0 Å². The third-order valence-electron chi connectivity index (χ3n) is 6.00. The summed E-state index contributed by atoms with van der Waals surface area (Å²) in [4.78, 5) is 19.2. The number of rotatable bonds is 4. The Morgan fingerprint density at radius 3 is 2.50 bits per heavy atom. The molecule has 6 heteroatoms. The molecule has 0 saturated carbocycles. The monoisotopic (exact) mass is 468 g/mol. The van der Waals surface area contributed by atoms with E-state index in [0.717, 1.165) is 30.4 Å². The molecule has 1 N–H and O–H groups in total. The summed E-state index contributed by atoms with van der Waals surface area (Å²) in [6.07, 6.45) is 4.56. The van der Waals surface area contributed by atoms with Crippen molar-refractivity contribution in [1.82, 2.24) is 0 Å². The first-order valence-corrected chi connectivity index (χ1v) is 11.9. The molecule has 1 aliphatic carbocycles. The lowest BCUT2D eigenvalue weighted by Gasteiger charge is -2.33. The van der Waals surface area contributed by atoms with E-state index in [4.69, 9.17) is 11.6 Å². The van der Waals surface area contributed by atoms with Crippen molar-refractivity contribution in [3.8, 4) is 0 Å². The number of hydrogen-bond acceptors (Lipinski definition) is 3. The van der Waals surface area contributed by atoms with Crippen molar-refractivity contribution in [2.45, 2.75) is 40.0 Å². The molecule has 3 aromatic rings. The third kappa shape index (κ3) is 5.11. The predicted octanol–water partition coefficient (Wildman–Crippen LogP) is 7.69. The van der Waals surface area contributed by atoms with Crippen molar-refractivity contribution >= 4 is 45.7 Å². The number of benzene rings is 2. The zero-order valence-corrected chi connectivity index (χ0v) is 20.0. The zero-order chi connectivity index (χ0) is 22.9. The van der Waals surface area contributed by atoms with E-state index in [9.17, 15) is 9.18 Å². The molecule has 1 aliphatic rings. The maximum atomic E-state index is 13.3. The summed E-state index contributed by atoms with van der Waals surface area (Å²) in [5.74, 6) is 0.116. The van der Waals surface area contributed by atoms with Crippen LogP contribution in [0.4, 0.5) is 15.1 Å². The van der Waals surface area contributed by atoms with E-state index in [2.05, 4.69) is 31.1 Å². The predicted molar refractivity (Wildman–Crippen MR) is 132 cm³/mol. The van der Waals surface area contributed by atoms with Crippen molar-refractivity contribution in [2.75, 3.05) is 5.32 Å². The van der Waals surface area contributed by atoms with Crippen molar-refractivity contribution < 1.29 is 9.18 Å². The number of anilines is 1. The van der Waals surface area contributed by atoms with Gasteiger partial charge in [-0.1, -0.05) is 44.5 Å². The van der Waals surface area contributed by atoms with Gasteiger partial charge in [-0.3, -0.25) is 4.79 Å². The Morgan fingerprint density at radius 2 is 1.84 bits per heavy atom. The van der Waals surface area contributed by atoms with Gasteiger partial charge < -0.3 is 5.32 Å². The van der Waals surface area contributed by atoms with E-state index in [-0.39, 0.29) is 17.1 Å². The van der Waals surface area contributed by atoms with Gasteiger partial charge in [-0.05, 0) is 78.1 Å². The number of hydrogen-bond donors (Lipinski definition) is 1. The summed E-state index contributed by atoms with van der Waals surface area (Å²) in [6, 6.07) is 13.2. The van der Waals surface area contributed by atoms with E-state index in [1.807, 2.05) is 0 Å². The Hall–Kier alpha value is -2.50. The summed E-state index contributed by atoms with van der Waals surface area (Å²) in [6.45, 7) is 6.83. The first kappa shape index (κ1) is 22.7. The fourth-order valence-corrected chi connectivity index (χ4v) is 5.44. The highest BCUT2D eigenvalue weighted by Gasteiger charge is 2.33. The average Bonchev–Trinajstić information content (AvgIpc) is 3.12. The van der Waals surface area contributed by atoms with Gasteiger partial charge in [-0.25, -0.2) is 9.38 Å². The molecule has 0 bridgehead atoms. The van der Waals surface area contributed by atoms with Gasteiger partial charge in [0.25, 0.3) is 5.91 Å². The summed E-state index contributed by atoms with van der Waals surface area (Å²) in [5, 5.41) is 4.31. The molecular weight excluding hydrogens is 443 g/mol. The van der Waals surface area contributed by atoms with E-state index < -0.39 is 0 Å². The fraction of sp³-hybridized carbons (Fsp3) is 0.308. The Kier molecular flexibility index (Phi) is 6.50. The Morgan fingerprint density at radius 1 is 1.16 bits per heavy atom. The second-order valence-electron chi connectivity index (χ2n) is 9.26. The molecule has 0 aliphatic heterocycles. The molecule has 1 aromatic heterocycles. The number of nitrogens with one attached hydrogen (secondary N) is 1. The molecule has 2 aromatic carbocycles. The molecular formula is C26H26ClFN2OS. The van der Waals surface area contributed by atoms with Crippen LogP contribution in [0.1, 0.15) is 53.6 Å². The molecule has 0 fully saturated rings. The molecule has 0 radical (unpaired) electrons. The second-order valence-corrected chi connectivity index (χ2v) is 10.8. The molecule has 0 unspecified atom stereocenters. The normalized spacial score (nSPS) is 16.2. The van der Waals surface area contributed by atoms with Gasteiger partial charge >= 0.3 is 0 Å². The van der Waals surface area contributed by atoms with Gasteiger partial charge in [0.1, 0.15) is 10.8 Å². The first-order valence-electron chi connectivity index (χ1n) is 10.7. The highest BCUT2D eigenvalue weighted by atomic mass is 35.5. The molecule has 0 saturated heterocycles.